The Hall–Kier alpha value is -3.60. The summed E-state index contributed by atoms with van der Waals surface area (Å²) in [5.41, 5.74) is 5.74. The molecule has 0 bridgehead atoms. The molecule has 0 spiro atoms. The van der Waals surface area contributed by atoms with Gasteiger partial charge in [-0.1, -0.05) is 72.8 Å². The first-order valence-electron chi connectivity index (χ1n) is 15.0. The monoisotopic (exact) mass is 588 g/mol. The number of ether oxygens (including phenoxy) is 2. The van der Waals surface area contributed by atoms with Crippen molar-refractivity contribution in [3.63, 3.8) is 0 Å². The molecule has 9 nitrogen and oxygen atoms in total. The van der Waals surface area contributed by atoms with Crippen LogP contribution in [0.3, 0.4) is 0 Å². The molecule has 43 heavy (non-hydrogen) atoms. The number of carbonyl (C=O) groups excluding carboxylic acids is 1. The number of hydrogen-bond donors (Lipinski definition) is 4. The van der Waals surface area contributed by atoms with E-state index in [0.29, 0.717) is 25.9 Å². The highest BCUT2D eigenvalue weighted by molar-refractivity contribution is 5.77. The van der Waals surface area contributed by atoms with E-state index in [9.17, 15) is 19.8 Å². The minimum Gasteiger partial charge on any atom is -0.481 e. The van der Waals surface area contributed by atoms with E-state index >= 15 is 0 Å². The van der Waals surface area contributed by atoms with Gasteiger partial charge in [0.2, 0.25) is 5.91 Å². The molecule has 0 radical (unpaired) electrons. The molecule has 9 heteroatoms. The maximum absolute atomic E-state index is 12.2. The summed E-state index contributed by atoms with van der Waals surface area (Å²) >= 11 is 0. The Morgan fingerprint density at radius 1 is 0.930 bits per heavy atom. The summed E-state index contributed by atoms with van der Waals surface area (Å²) in [7, 11) is 0. The summed E-state index contributed by atoms with van der Waals surface area (Å²) in [5, 5.41) is 31.2. The number of aliphatic hydroxyl groups is 2. The number of benzene rings is 3. The number of rotatable bonds is 12. The molecule has 0 saturated carbocycles. The van der Waals surface area contributed by atoms with Gasteiger partial charge in [-0.15, -0.1) is 0 Å². The molecule has 2 heterocycles. The van der Waals surface area contributed by atoms with Gasteiger partial charge in [0.15, 0.2) is 6.29 Å². The second-order valence-corrected chi connectivity index (χ2v) is 11.4. The zero-order chi connectivity index (χ0) is 30.2. The van der Waals surface area contributed by atoms with Gasteiger partial charge in [-0.05, 0) is 40.7 Å². The minimum absolute atomic E-state index is 0.00785. The molecular formula is C34H40N2O7. The van der Waals surface area contributed by atoms with Gasteiger partial charge in [-0.25, -0.2) is 0 Å². The maximum Gasteiger partial charge on any atom is 0.303 e. The second-order valence-electron chi connectivity index (χ2n) is 11.4. The number of nitrogens with one attached hydrogen (secondary N) is 1. The van der Waals surface area contributed by atoms with E-state index in [2.05, 4.69) is 10.2 Å². The Balaban J connectivity index is 1.29. The van der Waals surface area contributed by atoms with Crippen molar-refractivity contribution in [2.45, 2.75) is 69.9 Å². The van der Waals surface area contributed by atoms with Crippen molar-refractivity contribution in [2.24, 2.45) is 0 Å². The highest BCUT2D eigenvalue weighted by Gasteiger charge is 2.34. The molecule has 4 atom stereocenters. The molecule has 3 aromatic carbocycles. The van der Waals surface area contributed by atoms with Gasteiger partial charge in [0.1, 0.15) is 0 Å². The standard InChI is InChI=1S/C34H40N2O7/c37-22-23-8-10-25(11-9-23)31-18-29(21-36-17-16-28(38)20-36)42-34(43-31)26-14-12-24(13-15-26)30-5-2-1-4-27(30)19-35-32(39)6-3-7-33(40)41/h1-2,4-5,8-15,28-29,31,34,37-38H,3,6-7,16-22H2,(H,35,39)(H,40,41). The number of carboxylic acids is 1. The lowest BCUT2D eigenvalue weighted by Gasteiger charge is -2.38. The van der Waals surface area contributed by atoms with Crippen molar-refractivity contribution in [3.8, 4) is 11.1 Å². The van der Waals surface area contributed by atoms with Crippen molar-refractivity contribution >= 4 is 11.9 Å². The summed E-state index contributed by atoms with van der Waals surface area (Å²) in [6, 6.07) is 23.8. The molecule has 228 valence electrons. The minimum atomic E-state index is -0.903. The highest BCUT2D eigenvalue weighted by atomic mass is 16.7. The molecule has 0 aliphatic carbocycles. The van der Waals surface area contributed by atoms with Gasteiger partial charge < -0.3 is 30.1 Å². The number of hydrogen-bond acceptors (Lipinski definition) is 7. The van der Waals surface area contributed by atoms with Crippen LogP contribution in [0.25, 0.3) is 11.1 Å². The van der Waals surface area contributed by atoms with Crippen molar-refractivity contribution < 1.29 is 34.4 Å². The molecule has 4 N–H and O–H groups in total. The first-order chi connectivity index (χ1) is 20.9. The van der Waals surface area contributed by atoms with Gasteiger partial charge in [-0.3, -0.25) is 14.5 Å². The average molecular weight is 589 g/mol. The van der Waals surface area contributed by atoms with Crippen LogP contribution in [-0.4, -0.2) is 63.9 Å². The van der Waals surface area contributed by atoms with Crippen LogP contribution in [0, 0.1) is 0 Å². The van der Waals surface area contributed by atoms with Crippen molar-refractivity contribution in [1.82, 2.24) is 10.2 Å². The normalized spacial score (nSPS) is 22.4. The third-order valence-electron chi connectivity index (χ3n) is 8.11. The zero-order valence-electron chi connectivity index (χ0n) is 24.2. The van der Waals surface area contributed by atoms with E-state index in [4.69, 9.17) is 14.6 Å². The van der Waals surface area contributed by atoms with Crippen molar-refractivity contribution in [1.29, 1.82) is 0 Å². The number of carbonyl (C=O) groups is 2. The Labute approximate surface area is 252 Å². The second kappa shape index (κ2) is 14.7. The van der Waals surface area contributed by atoms with E-state index < -0.39 is 12.3 Å². The smallest absolute Gasteiger partial charge is 0.303 e. The largest absolute Gasteiger partial charge is 0.481 e. The number of nitrogens with zero attached hydrogens (tertiary/aromatic N) is 1. The summed E-state index contributed by atoms with van der Waals surface area (Å²) < 4.78 is 13.0. The molecule has 2 aliphatic rings. The maximum atomic E-state index is 12.2. The average Bonchev–Trinajstić information content (AvgIpc) is 3.44. The number of amides is 1. The summed E-state index contributed by atoms with van der Waals surface area (Å²) in [6.07, 6.45) is 0.812. The number of aliphatic carboxylic acids is 1. The molecule has 2 fully saturated rings. The molecule has 4 unspecified atom stereocenters. The number of likely N-dealkylation sites (tertiary alicyclic amines) is 1. The Morgan fingerprint density at radius 2 is 1.67 bits per heavy atom. The molecule has 1 amide bonds. The fraction of sp³-hybridized carbons (Fsp3) is 0.412. The van der Waals surface area contributed by atoms with Gasteiger partial charge in [-0.2, -0.15) is 0 Å². The third-order valence-corrected chi connectivity index (χ3v) is 8.11. The van der Waals surface area contributed by atoms with Crippen LogP contribution < -0.4 is 5.32 Å². The van der Waals surface area contributed by atoms with Crippen LogP contribution in [0.1, 0.15) is 66.8 Å². The molecule has 2 aliphatic heterocycles. The van der Waals surface area contributed by atoms with E-state index in [1.807, 2.05) is 72.8 Å². The predicted molar refractivity (Wildman–Crippen MR) is 161 cm³/mol. The molecule has 3 aromatic rings. The van der Waals surface area contributed by atoms with Crippen molar-refractivity contribution in [2.75, 3.05) is 19.6 Å². The molecule has 0 aromatic heterocycles. The van der Waals surface area contributed by atoms with Crippen LogP contribution in [0.2, 0.25) is 0 Å². The van der Waals surface area contributed by atoms with E-state index in [-0.39, 0.29) is 43.7 Å². The lowest BCUT2D eigenvalue weighted by atomic mass is 9.97. The molecule has 2 saturated heterocycles. The van der Waals surface area contributed by atoms with Crippen LogP contribution in [-0.2, 0) is 32.2 Å². The van der Waals surface area contributed by atoms with Gasteiger partial charge >= 0.3 is 5.97 Å². The Morgan fingerprint density at radius 3 is 2.37 bits per heavy atom. The van der Waals surface area contributed by atoms with E-state index in [0.717, 1.165) is 52.9 Å². The number of β-amino-alcohol motifs (C(OH)–C–C–N with tert-alkyl or cyclic N) is 1. The first-order valence-corrected chi connectivity index (χ1v) is 15.0. The van der Waals surface area contributed by atoms with Crippen molar-refractivity contribution in [3.05, 3.63) is 95.1 Å². The van der Waals surface area contributed by atoms with Crippen LogP contribution in [0.4, 0.5) is 0 Å². The van der Waals surface area contributed by atoms with Crippen LogP contribution in [0.15, 0.2) is 72.8 Å². The molecule has 5 rings (SSSR count). The SMILES string of the molecule is O=C(O)CCCC(=O)NCc1ccccc1-c1ccc(C2OC(CN3CCC(O)C3)CC(c3ccc(CO)cc3)O2)cc1. The van der Waals surface area contributed by atoms with E-state index in [1.54, 1.807) is 0 Å². The Bertz CT molecular complexity index is 1360. The van der Waals surface area contributed by atoms with Crippen LogP contribution >= 0.6 is 0 Å². The fourth-order valence-electron chi connectivity index (χ4n) is 5.76. The summed E-state index contributed by atoms with van der Waals surface area (Å²) in [5.74, 6) is -1.07. The topological polar surface area (TPSA) is 129 Å². The van der Waals surface area contributed by atoms with Crippen LogP contribution in [0.5, 0.6) is 0 Å². The lowest BCUT2D eigenvalue weighted by Crippen LogP contribution is -2.38. The van der Waals surface area contributed by atoms with Gasteiger partial charge in [0, 0.05) is 51.0 Å². The highest BCUT2D eigenvalue weighted by Crippen LogP contribution is 2.39. The predicted octanol–water partition coefficient (Wildman–Crippen LogP) is 4.33. The van der Waals surface area contributed by atoms with Gasteiger partial charge in [0.25, 0.3) is 0 Å². The zero-order valence-corrected chi connectivity index (χ0v) is 24.2. The first kappa shape index (κ1) is 30.8. The summed E-state index contributed by atoms with van der Waals surface area (Å²) in [4.78, 5) is 25.2. The third kappa shape index (κ3) is 8.49. The lowest BCUT2D eigenvalue weighted by molar-refractivity contribution is -0.252. The number of aliphatic hydroxyl groups excluding tert-OH is 2. The quantitative estimate of drug-likeness (QED) is 0.246. The molecular weight excluding hydrogens is 548 g/mol. The Kier molecular flexibility index (Phi) is 10.6. The number of carboxylic acid groups (broad SMARTS) is 1. The summed E-state index contributed by atoms with van der Waals surface area (Å²) in [6.45, 7) is 2.56. The fourth-order valence-corrected chi connectivity index (χ4v) is 5.76. The van der Waals surface area contributed by atoms with Gasteiger partial charge in [0.05, 0.1) is 24.9 Å². The van der Waals surface area contributed by atoms with E-state index in [1.165, 1.54) is 0 Å².